The number of nitrogens with zero attached hydrogens (tertiary/aromatic N) is 3. The molecule has 1 aromatic carbocycles. The number of likely N-dealkylation sites (tertiary alicyclic amines) is 1. The van der Waals surface area contributed by atoms with E-state index >= 15 is 0 Å². The molecule has 3 aromatic rings. The van der Waals surface area contributed by atoms with Gasteiger partial charge in [0.15, 0.2) is 17.3 Å². The lowest BCUT2D eigenvalue weighted by Gasteiger charge is -2.26. The van der Waals surface area contributed by atoms with E-state index in [9.17, 15) is 14.7 Å². The van der Waals surface area contributed by atoms with Gasteiger partial charge in [0, 0.05) is 26.5 Å². The molecule has 1 fully saturated rings. The van der Waals surface area contributed by atoms with E-state index in [0.717, 1.165) is 12.8 Å². The molecule has 0 saturated carbocycles. The Bertz CT molecular complexity index is 1330. The zero-order valence-corrected chi connectivity index (χ0v) is 21.7. The number of Topliss-reactive ketones (excluding diaryl/α,β-unsaturated/α-hetero) is 1. The summed E-state index contributed by atoms with van der Waals surface area (Å²) in [4.78, 5) is 32.6. The number of fused-ring (bicyclic) bond motifs is 1. The van der Waals surface area contributed by atoms with E-state index in [0.29, 0.717) is 53.7 Å². The maximum absolute atomic E-state index is 13.4. The highest BCUT2D eigenvalue weighted by Gasteiger charge is 2.46. The smallest absolute Gasteiger partial charge is 0.295 e. The van der Waals surface area contributed by atoms with Gasteiger partial charge in [0.2, 0.25) is 0 Å². The Balaban J connectivity index is 1.86. The van der Waals surface area contributed by atoms with Crippen LogP contribution in [0.2, 0.25) is 0 Å². The first-order chi connectivity index (χ1) is 17.9. The van der Waals surface area contributed by atoms with E-state index < -0.39 is 17.7 Å². The third-order valence-electron chi connectivity index (χ3n) is 6.47. The molecule has 1 saturated heterocycles. The lowest BCUT2D eigenvalue weighted by atomic mass is 9.95. The zero-order valence-electron chi connectivity index (χ0n) is 21.7. The van der Waals surface area contributed by atoms with Gasteiger partial charge in [-0.25, -0.2) is 4.98 Å². The minimum atomic E-state index is -0.816. The Morgan fingerprint density at radius 2 is 1.89 bits per heavy atom. The van der Waals surface area contributed by atoms with Gasteiger partial charge in [-0.2, -0.15) is 0 Å². The van der Waals surface area contributed by atoms with Gasteiger partial charge in [-0.3, -0.25) is 14.0 Å². The summed E-state index contributed by atoms with van der Waals surface area (Å²) in [7, 11) is 3.13. The van der Waals surface area contributed by atoms with Crippen molar-refractivity contribution in [3.8, 4) is 11.5 Å². The van der Waals surface area contributed by atoms with Crippen LogP contribution >= 0.6 is 0 Å². The van der Waals surface area contributed by atoms with Crippen LogP contribution in [0.1, 0.15) is 49.2 Å². The zero-order chi connectivity index (χ0) is 26.5. The second-order valence-electron chi connectivity index (χ2n) is 8.93. The second kappa shape index (κ2) is 11.5. The molecule has 37 heavy (non-hydrogen) atoms. The molecule has 1 unspecified atom stereocenters. The molecule has 1 atom stereocenters. The number of aliphatic hydroxyl groups is 1. The van der Waals surface area contributed by atoms with Crippen molar-refractivity contribution < 1.29 is 28.9 Å². The Labute approximate surface area is 216 Å². The molecule has 4 rings (SSSR count). The number of ether oxygens (including phenoxy) is 3. The number of hydrogen-bond donors (Lipinski definition) is 1. The molecule has 196 valence electrons. The number of unbranched alkanes of at least 4 members (excludes halogenated alkanes) is 1. The summed E-state index contributed by atoms with van der Waals surface area (Å²) in [5.74, 6) is -0.615. The number of ketones is 1. The van der Waals surface area contributed by atoms with E-state index in [4.69, 9.17) is 14.2 Å². The number of benzene rings is 1. The molecule has 0 spiro atoms. The van der Waals surface area contributed by atoms with Crippen LogP contribution in [-0.4, -0.2) is 65.1 Å². The van der Waals surface area contributed by atoms with E-state index in [2.05, 4.69) is 11.9 Å². The quantitative estimate of drug-likeness (QED) is 0.179. The van der Waals surface area contributed by atoms with Gasteiger partial charge in [0.05, 0.1) is 31.0 Å². The number of carbonyl (C=O) groups excluding carboxylic acids is 2. The van der Waals surface area contributed by atoms with Crippen LogP contribution in [0.3, 0.4) is 0 Å². The highest BCUT2D eigenvalue weighted by molar-refractivity contribution is 6.46. The summed E-state index contributed by atoms with van der Waals surface area (Å²) in [5.41, 5.74) is 2.19. The summed E-state index contributed by atoms with van der Waals surface area (Å²) in [5, 5.41) is 11.6. The minimum absolute atomic E-state index is 0.0119. The standard InChI is InChI=1S/C28H33N3O6/c1-5-6-16-37-20-12-11-19(17-21(20)36-4)25-23(27(33)28(34)31(25)14-9-15-35-3)26(32)24-18(2)29-22-10-7-8-13-30(22)24/h7-8,10-13,17,25,32H,5-6,9,14-16H2,1-4H3. The van der Waals surface area contributed by atoms with Crippen LogP contribution in [0.15, 0.2) is 48.2 Å². The maximum atomic E-state index is 13.4. The highest BCUT2D eigenvalue weighted by atomic mass is 16.5. The Hall–Kier alpha value is -3.85. The first-order valence-electron chi connectivity index (χ1n) is 12.4. The predicted molar refractivity (Wildman–Crippen MR) is 139 cm³/mol. The molecule has 3 heterocycles. The Morgan fingerprint density at radius 3 is 2.62 bits per heavy atom. The van der Waals surface area contributed by atoms with Crippen molar-refractivity contribution in [3.05, 3.63) is 65.1 Å². The predicted octanol–water partition coefficient (Wildman–Crippen LogP) is 4.29. The number of aliphatic hydroxyl groups excluding tert-OH is 1. The number of amides is 1. The highest BCUT2D eigenvalue weighted by Crippen LogP contribution is 2.42. The molecule has 9 nitrogen and oxygen atoms in total. The third kappa shape index (κ3) is 5.04. The van der Waals surface area contributed by atoms with E-state index in [-0.39, 0.29) is 17.9 Å². The normalized spacial score (nSPS) is 17.1. The van der Waals surface area contributed by atoms with Gasteiger partial charge >= 0.3 is 0 Å². The van der Waals surface area contributed by atoms with Crippen molar-refractivity contribution in [1.29, 1.82) is 0 Å². The number of aromatic nitrogens is 2. The monoisotopic (exact) mass is 507 g/mol. The van der Waals surface area contributed by atoms with Gasteiger partial charge in [0.25, 0.3) is 11.7 Å². The Kier molecular flexibility index (Phi) is 8.13. The molecular formula is C28H33N3O6. The fourth-order valence-electron chi connectivity index (χ4n) is 4.66. The maximum Gasteiger partial charge on any atom is 0.295 e. The third-order valence-corrected chi connectivity index (χ3v) is 6.47. The van der Waals surface area contributed by atoms with Crippen LogP contribution in [0.5, 0.6) is 11.5 Å². The average molecular weight is 508 g/mol. The van der Waals surface area contributed by atoms with Crippen LogP contribution < -0.4 is 9.47 Å². The summed E-state index contributed by atoms with van der Waals surface area (Å²) in [6.45, 7) is 5.10. The number of imidazole rings is 1. The second-order valence-corrected chi connectivity index (χ2v) is 8.93. The van der Waals surface area contributed by atoms with Crippen molar-refractivity contribution in [3.63, 3.8) is 0 Å². The Morgan fingerprint density at radius 1 is 1.08 bits per heavy atom. The lowest BCUT2D eigenvalue weighted by Crippen LogP contribution is -2.31. The van der Waals surface area contributed by atoms with Gasteiger partial charge in [-0.05, 0) is 49.6 Å². The van der Waals surface area contributed by atoms with Gasteiger partial charge in [-0.15, -0.1) is 0 Å². The van der Waals surface area contributed by atoms with Crippen LogP contribution in [0, 0.1) is 6.92 Å². The minimum Gasteiger partial charge on any atom is -0.505 e. The van der Waals surface area contributed by atoms with Gasteiger partial charge < -0.3 is 24.2 Å². The van der Waals surface area contributed by atoms with Crippen LogP contribution in [0.25, 0.3) is 11.4 Å². The van der Waals surface area contributed by atoms with Crippen molar-refractivity contribution in [2.45, 2.75) is 39.2 Å². The molecule has 0 radical (unpaired) electrons. The summed E-state index contributed by atoms with van der Waals surface area (Å²) >= 11 is 0. The number of carbonyl (C=O) groups is 2. The molecule has 1 aliphatic rings. The van der Waals surface area contributed by atoms with E-state index in [1.165, 1.54) is 4.90 Å². The largest absolute Gasteiger partial charge is 0.505 e. The topological polar surface area (TPSA) is 103 Å². The fourth-order valence-corrected chi connectivity index (χ4v) is 4.66. The number of pyridine rings is 1. The number of aryl methyl sites for hydroxylation is 1. The van der Waals surface area contributed by atoms with E-state index in [1.54, 1.807) is 49.9 Å². The van der Waals surface area contributed by atoms with Crippen LogP contribution in [0.4, 0.5) is 0 Å². The van der Waals surface area contributed by atoms with Crippen molar-refractivity contribution in [2.75, 3.05) is 34.0 Å². The summed E-state index contributed by atoms with van der Waals surface area (Å²) in [6.07, 6.45) is 4.20. The molecule has 0 aliphatic carbocycles. The van der Waals surface area contributed by atoms with Gasteiger partial charge in [-0.1, -0.05) is 25.5 Å². The molecule has 1 amide bonds. The number of hydrogen-bond acceptors (Lipinski definition) is 7. The number of rotatable bonds is 11. The molecule has 9 heteroatoms. The van der Waals surface area contributed by atoms with Crippen molar-refractivity contribution >= 4 is 23.1 Å². The van der Waals surface area contributed by atoms with Crippen LogP contribution in [-0.2, 0) is 14.3 Å². The number of methoxy groups -OCH3 is 2. The first-order valence-corrected chi connectivity index (χ1v) is 12.4. The summed E-state index contributed by atoms with van der Waals surface area (Å²) in [6, 6.07) is 9.99. The molecule has 2 aromatic heterocycles. The lowest BCUT2D eigenvalue weighted by molar-refractivity contribution is -0.140. The van der Waals surface area contributed by atoms with E-state index in [1.807, 2.05) is 18.2 Å². The average Bonchev–Trinajstić information content (AvgIpc) is 3.37. The van der Waals surface area contributed by atoms with Crippen molar-refractivity contribution in [2.24, 2.45) is 0 Å². The molecule has 1 N–H and O–H groups in total. The SMILES string of the molecule is CCCCOc1ccc(C2C(=C(O)c3c(C)nc4ccccn34)C(=O)C(=O)N2CCCOC)cc1OC. The molecule has 1 aliphatic heterocycles. The first kappa shape index (κ1) is 26.2. The molecular weight excluding hydrogens is 474 g/mol. The van der Waals surface area contributed by atoms with Crippen molar-refractivity contribution in [1.82, 2.24) is 14.3 Å². The summed E-state index contributed by atoms with van der Waals surface area (Å²) < 4.78 is 18.3. The fraction of sp³-hybridized carbons (Fsp3) is 0.393. The van der Waals surface area contributed by atoms with Gasteiger partial charge in [0.1, 0.15) is 11.3 Å². The molecule has 0 bridgehead atoms.